The number of benzene rings is 1. The molecule has 1 aromatic carbocycles. The summed E-state index contributed by atoms with van der Waals surface area (Å²) >= 11 is 5.78. The van der Waals surface area contributed by atoms with E-state index in [1.807, 2.05) is 64.0 Å². The van der Waals surface area contributed by atoms with Crippen LogP contribution in [0.3, 0.4) is 0 Å². The molecule has 1 amide bonds. The molecule has 1 atom stereocenters. The van der Waals surface area contributed by atoms with Crippen molar-refractivity contribution in [2.24, 2.45) is 5.41 Å². The third kappa shape index (κ3) is 5.46. The summed E-state index contributed by atoms with van der Waals surface area (Å²) in [7, 11) is 3.97. The van der Waals surface area contributed by atoms with E-state index >= 15 is 0 Å². The first kappa shape index (κ1) is 17.6. The molecule has 0 saturated carbocycles. The summed E-state index contributed by atoms with van der Waals surface area (Å²) < 4.78 is 5.83. The Labute approximate surface area is 132 Å². The monoisotopic (exact) mass is 312 g/mol. The highest BCUT2D eigenvalue weighted by molar-refractivity contribution is 6.19. The first-order valence-corrected chi connectivity index (χ1v) is 7.58. The van der Waals surface area contributed by atoms with E-state index in [2.05, 4.69) is 5.32 Å². The average Bonchev–Trinajstić information content (AvgIpc) is 2.44. The zero-order valence-corrected chi connectivity index (χ0v) is 14.2. The number of ether oxygens (including phenoxy) is 1. The van der Waals surface area contributed by atoms with Gasteiger partial charge in [0.2, 0.25) is 5.91 Å². The first-order chi connectivity index (χ1) is 9.76. The molecule has 0 aromatic heterocycles. The number of anilines is 1. The molecule has 1 rings (SSSR count). The number of alkyl halides is 1. The summed E-state index contributed by atoms with van der Waals surface area (Å²) in [4.78, 5) is 14.0. The topological polar surface area (TPSA) is 41.6 Å². The van der Waals surface area contributed by atoms with E-state index in [4.69, 9.17) is 16.3 Å². The number of hydrogen-bond donors (Lipinski definition) is 1. The lowest BCUT2D eigenvalue weighted by Gasteiger charge is -2.23. The first-order valence-electron chi connectivity index (χ1n) is 7.04. The highest BCUT2D eigenvalue weighted by Crippen LogP contribution is 2.20. The molecule has 0 radical (unpaired) electrons. The van der Waals surface area contributed by atoms with Crippen molar-refractivity contribution in [2.45, 2.75) is 26.9 Å². The summed E-state index contributed by atoms with van der Waals surface area (Å²) in [5.41, 5.74) is 0.513. The van der Waals surface area contributed by atoms with Crippen molar-refractivity contribution in [1.82, 2.24) is 5.32 Å². The number of halogens is 1. The van der Waals surface area contributed by atoms with E-state index in [0.717, 1.165) is 11.4 Å². The average molecular weight is 313 g/mol. The number of rotatable bonds is 7. The van der Waals surface area contributed by atoms with Crippen LogP contribution in [-0.4, -0.2) is 38.5 Å². The smallest absolute Gasteiger partial charge is 0.226 e. The van der Waals surface area contributed by atoms with Crippen molar-refractivity contribution in [3.63, 3.8) is 0 Å². The molecular formula is C16H25ClN2O2. The molecule has 1 unspecified atom stereocenters. The van der Waals surface area contributed by atoms with Gasteiger partial charge in [-0.2, -0.15) is 0 Å². The Balaban J connectivity index is 2.53. The summed E-state index contributed by atoms with van der Waals surface area (Å²) in [6.45, 7) is 6.02. The van der Waals surface area contributed by atoms with E-state index in [9.17, 15) is 4.79 Å². The molecule has 0 spiro atoms. The van der Waals surface area contributed by atoms with Crippen LogP contribution in [0, 0.1) is 5.41 Å². The van der Waals surface area contributed by atoms with Gasteiger partial charge in [0.25, 0.3) is 0 Å². The Kier molecular flexibility index (Phi) is 6.34. The van der Waals surface area contributed by atoms with Crippen LogP contribution in [-0.2, 0) is 4.79 Å². The van der Waals surface area contributed by atoms with Crippen molar-refractivity contribution < 1.29 is 9.53 Å². The van der Waals surface area contributed by atoms with Crippen LogP contribution in [0.15, 0.2) is 24.3 Å². The second-order valence-corrected chi connectivity index (χ2v) is 6.32. The number of nitrogens with one attached hydrogen (secondary N) is 1. The SMILES string of the molecule is CC(CNC(=O)C(C)(C)CCl)Oc1cccc(N(C)C)c1. The Morgan fingerprint density at radius 2 is 2.10 bits per heavy atom. The van der Waals surface area contributed by atoms with Gasteiger partial charge in [0.05, 0.1) is 12.0 Å². The Hall–Kier alpha value is -1.42. The minimum absolute atomic E-state index is 0.0602. The standard InChI is InChI=1S/C16H25ClN2O2/c1-12(10-18-15(20)16(2,3)11-17)21-14-8-6-7-13(9-14)19(4)5/h6-9,12H,10-11H2,1-5H3,(H,18,20). The predicted octanol–water partition coefficient (Wildman–Crippen LogP) is 2.90. The molecule has 1 N–H and O–H groups in total. The molecule has 1 aromatic rings. The largest absolute Gasteiger partial charge is 0.489 e. The maximum atomic E-state index is 11.9. The number of nitrogens with zero attached hydrogens (tertiary/aromatic N) is 1. The second kappa shape index (κ2) is 7.55. The van der Waals surface area contributed by atoms with E-state index < -0.39 is 5.41 Å². The van der Waals surface area contributed by atoms with Crippen LogP contribution in [0.5, 0.6) is 5.75 Å². The van der Waals surface area contributed by atoms with Gasteiger partial charge >= 0.3 is 0 Å². The number of carbonyl (C=O) groups is 1. The predicted molar refractivity (Wildman–Crippen MR) is 88.4 cm³/mol. The van der Waals surface area contributed by atoms with Crippen LogP contribution < -0.4 is 15.0 Å². The summed E-state index contributed by atoms with van der Waals surface area (Å²) in [6.07, 6.45) is -0.113. The van der Waals surface area contributed by atoms with Crippen molar-refractivity contribution in [2.75, 3.05) is 31.4 Å². The van der Waals surface area contributed by atoms with Gasteiger partial charge in [-0.25, -0.2) is 0 Å². The molecule has 5 heteroatoms. The fraction of sp³-hybridized carbons (Fsp3) is 0.562. The lowest BCUT2D eigenvalue weighted by Crippen LogP contribution is -2.42. The zero-order chi connectivity index (χ0) is 16.0. The lowest BCUT2D eigenvalue weighted by atomic mass is 9.95. The molecule has 0 saturated heterocycles. The van der Waals surface area contributed by atoms with Crippen LogP contribution in [0.2, 0.25) is 0 Å². The van der Waals surface area contributed by atoms with Gasteiger partial charge in [0, 0.05) is 31.7 Å². The van der Waals surface area contributed by atoms with Gasteiger partial charge < -0.3 is 15.0 Å². The Bertz CT molecular complexity index is 475. The third-order valence-electron chi connectivity index (χ3n) is 3.17. The number of carbonyl (C=O) groups excluding carboxylic acids is 1. The molecule has 0 fully saturated rings. The fourth-order valence-corrected chi connectivity index (χ4v) is 1.77. The fourth-order valence-electron chi connectivity index (χ4n) is 1.65. The quantitative estimate of drug-likeness (QED) is 0.787. The third-order valence-corrected chi connectivity index (χ3v) is 3.84. The zero-order valence-electron chi connectivity index (χ0n) is 13.4. The van der Waals surface area contributed by atoms with Crippen LogP contribution in [0.1, 0.15) is 20.8 Å². The van der Waals surface area contributed by atoms with E-state index in [1.54, 1.807) is 0 Å². The van der Waals surface area contributed by atoms with Crippen molar-refractivity contribution in [1.29, 1.82) is 0 Å². The molecule has 4 nitrogen and oxygen atoms in total. The van der Waals surface area contributed by atoms with E-state index in [1.165, 1.54) is 0 Å². The van der Waals surface area contributed by atoms with Gasteiger partial charge in [-0.05, 0) is 32.9 Å². The van der Waals surface area contributed by atoms with Gasteiger partial charge in [-0.3, -0.25) is 4.79 Å². The van der Waals surface area contributed by atoms with Crippen molar-refractivity contribution in [3.05, 3.63) is 24.3 Å². The maximum absolute atomic E-state index is 11.9. The van der Waals surface area contributed by atoms with Gasteiger partial charge in [0.15, 0.2) is 0 Å². The highest BCUT2D eigenvalue weighted by Gasteiger charge is 2.26. The molecule has 0 bridgehead atoms. The van der Waals surface area contributed by atoms with E-state index in [-0.39, 0.29) is 12.0 Å². The summed E-state index contributed by atoms with van der Waals surface area (Å²) in [5, 5.41) is 2.87. The molecule has 118 valence electrons. The minimum atomic E-state index is -0.563. The van der Waals surface area contributed by atoms with Crippen LogP contribution >= 0.6 is 11.6 Å². The Morgan fingerprint density at radius 1 is 1.43 bits per heavy atom. The number of hydrogen-bond acceptors (Lipinski definition) is 3. The normalized spacial score (nSPS) is 12.7. The summed E-state index contributed by atoms with van der Waals surface area (Å²) in [5.74, 6) is 1.02. The van der Waals surface area contributed by atoms with Gasteiger partial charge in [-0.1, -0.05) is 6.07 Å². The molecular weight excluding hydrogens is 288 g/mol. The van der Waals surface area contributed by atoms with Gasteiger partial charge in [0.1, 0.15) is 11.9 Å². The van der Waals surface area contributed by atoms with Crippen molar-refractivity contribution in [3.8, 4) is 5.75 Å². The molecule has 0 aliphatic heterocycles. The highest BCUT2D eigenvalue weighted by atomic mass is 35.5. The maximum Gasteiger partial charge on any atom is 0.226 e. The molecule has 0 aliphatic carbocycles. The van der Waals surface area contributed by atoms with Crippen molar-refractivity contribution >= 4 is 23.2 Å². The molecule has 0 heterocycles. The second-order valence-electron chi connectivity index (χ2n) is 6.05. The molecule has 0 aliphatic rings. The minimum Gasteiger partial charge on any atom is -0.489 e. The number of amides is 1. The van der Waals surface area contributed by atoms with Crippen LogP contribution in [0.25, 0.3) is 0 Å². The lowest BCUT2D eigenvalue weighted by molar-refractivity contribution is -0.128. The summed E-state index contributed by atoms with van der Waals surface area (Å²) in [6, 6.07) is 7.85. The van der Waals surface area contributed by atoms with Gasteiger partial charge in [-0.15, -0.1) is 11.6 Å². The van der Waals surface area contributed by atoms with Crippen LogP contribution in [0.4, 0.5) is 5.69 Å². The Morgan fingerprint density at radius 3 is 2.67 bits per heavy atom. The van der Waals surface area contributed by atoms with E-state index in [0.29, 0.717) is 12.4 Å². The molecule has 21 heavy (non-hydrogen) atoms.